The first-order chi connectivity index (χ1) is 20.8. The number of fused-ring (bicyclic) bond motifs is 7. The molecule has 11 heteroatoms. The van der Waals surface area contributed by atoms with E-state index in [0.29, 0.717) is 18.2 Å². The normalized spacial score (nSPS) is 37.9. The van der Waals surface area contributed by atoms with Gasteiger partial charge in [-0.2, -0.15) is 0 Å². The molecule has 2 saturated carbocycles. The van der Waals surface area contributed by atoms with Gasteiger partial charge >= 0.3 is 29.5 Å². The van der Waals surface area contributed by atoms with Gasteiger partial charge in [-0.25, -0.2) is 14.4 Å². The molecule has 240 valence electrons. The van der Waals surface area contributed by atoms with Crippen LogP contribution in [0.5, 0.6) is 5.75 Å². The van der Waals surface area contributed by atoms with Crippen molar-refractivity contribution in [2.75, 3.05) is 0 Å². The van der Waals surface area contributed by atoms with Crippen molar-refractivity contribution >= 4 is 34.8 Å². The van der Waals surface area contributed by atoms with E-state index in [1.807, 2.05) is 27.7 Å². The van der Waals surface area contributed by atoms with Crippen molar-refractivity contribution in [3.05, 3.63) is 40.2 Å². The minimum absolute atomic E-state index is 0.102. The molecule has 2 aliphatic carbocycles. The fourth-order valence-corrected chi connectivity index (χ4v) is 8.50. The molecule has 4 unspecified atom stereocenters. The van der Waals surface area contributed by atoms with E-state index in [4.69, 9.17) is 28.1 Å². The number of benzene rings is 1. The number of esters is 4. The van der Waals surface area contributed by atoms with Gasteiger partial charge in [0.25, 0.3) is 0 Å². The first-order valence-corrected chi connectivity index (χ1v) is 15.4. The maximum Gasteiger partial charge on any atom is 0.351 e. The predicted octanol–water partition coefficient (Wildman–Crippen LogP) is 4.70. The summed E-state index contributed by atoms with van der Waals surface area (Å²) in [6.45, 7) is 14.2. The molecule has 0 N–H and O–H groups in total. The van der Waals surface area contributed by atoms with Crippen molar-refractivity contribution in [1.29, 1.82) is 0 Å². The molecule has 4 fully saturated rings. The Morgan fingerprint density at radius 2 is 1.20 bits per heavy atom. The van der Waals surface area contributed by atoms with E-state index in [2.05, 4.69) is 0 Å². The summed E-state index contributed by atoms with van der Waals surface area (Å²) in [6, 6.07) is 6.22. The van der Waals surface area contributed by atoms with Gasteiger partial charge in [0.2, 0.25) is 11.2 Å². The summed E-state index contributed by atoms with van der Waals surface area (Å²) >= 11 is 0. The highest BCUT2D eigenvalue weighted by atomic mass is 16.7. The quantitative estimate of drug-likeness (QED) is 0.266. The van der Waals surface area contributed by atoms with Gasteiger partial charge in [0, 0.05) is 22.3 Å². The maximum absolute atomic E-state index is 14.4. The van der Waals surface area contributed by atoms with E-state index in [1.165, 1.54) is 6.07 Å². The molecule has 4 heterocycles. The minimum Gasteiger partial charge on any atom is -0.483 e. The van der Waals surface area contributed by atoms with E-state index in [-0.39, 0.29) is 29.7 Å². The Bertz CT molecular complexity index is 1780. The molecule has 5 aliphatic rings. The molecule has 3 aliphatic heterocycles. The number of ether oxygens (including phenoxy) is 5. The zero-order chi connectivity index (χ0) is 32.8. The molecule has 7 rings (SSSR count). The zero-order valence-corrected chi connectivity index (χ0v) is 26.8. The van der Waals surface area contributed by atoms with Gasteiger partial charge in [-0.3, -0.25) is 9.59 Å². The Morgan fingerprint density at radius 1 is 0.689 bits per heavy atom. The summed E-state index contributed by atoms with van der Waals surface area (Å²) in [4.78, 5) is 67.1. The first kappa shape index (κ1) is 29.8. The lowest BCUT2D eigenvalue weighted by atomic mass is 9.66. The summed E-state index contributed by atoms with van der Waals surface area (Å²) in [5, 5.41) is 0.526. The van der Waals surface area contributed by atoms with E-state index in [9.17, 15) is 24.0 Å². The Hall–Kier alpha value is -3.89. The molecule has 1 aromatic heterocycles. The number of carbonyl (C=O) groups excluding carboxylic acids is 4. The lowest BCUT2D eigenvalue weighted by Crippen LogP contribution is -2.57. The minimum atomic E-state index is -1.59. The van der Waals surface area contributed by atoms with Crippen molar-refractivity contribution in [2.24, 2.45) is 21.7 Å². The predicted molar refractivity (Wildman–Crippen MR) is 156 cm³/mol. The fraction of sp³-hybridized carbons (Fsp3) is 0.618. The molecule has 6 atom stereocenters. The van der Waals surface area contributed by atoms with Crippen molar-refractivity contribution in [2.45, 2.75) is 110 Å². The second-order valence-electron chi connectivity index (χ2n) is 15.4. The molecule has 0 amide bonds. The Kier molecular flexibility index (Phi) is 5.61. The largest absolute Gasteiger partial charge is 0.483 e. The average molecular weight is 623 g/mol. The van der Waals surface area contributed by atoms with Crippen LogP contribution >= 0.6 is 0 Å². The van der Waals surface area contributed by atoms with Crippen molar-refractivity contribution in [1.82, 2.24) is 0 Å². The van der Waals surface area contributed by atoms with Gasteiger partial charge in [-0.05, 0) is 71.6 Å². The molecule has 2 aromatic rings. The van der Waals surface area contributed by atoms with Crippen LogP contribution in [0.4, 0.5) is 0 Å². The lowest BCUT2D eigenvalue weighted by molar-refractivity contribution is -0.217. The Morgan fingerprint density at radius 3 is 1.69 bits per heavy atom. The van der Waals surface area contributed by atoms with Crippen molar-refractivity contribution < 1.29 is 47.3 Å². The van der Waals surface area contributed by atoms with E-state index in [0.717, 1.165) is 0 Å². The molecule has 11 nitrogen and oxygen atoms in total. The fourth-order valence-electron chi connectivity index (χ4n) is 8.50. The van der Waals surface area contributed by atoms with Crippen LogP contribution in [0.1, 0.15) is 92.7 Å². The van der Waals surface area contributed by atoms with Crippen LogP contribution in [-0.4, -0.2) is 46.8 Å². The third kappa shape index (κ3) is 3.29. The first-order valence-electron chi connectivity index (χ1n) is 15.4. The van der Waals surface area contributed by atoms with Crippen LogP contribution in [0, 0.1) is 21.7 Å². The standard InChI is InChI=1S/C34H38O11/c1-28(2)23(42-27(39)34-16-14-32(8,25(37)45-34)30(34,5)6)22(20-18(43-28)11-9-17-10-12-19(35)40-21(17)20)41-26(38)33-15-13-31(7,24(36)44-33)29(33,3)4/h9-12,22-23H,13-16H2,1-8H3/t22-,23-,31?,32?,33?,34?/m0/s1. The number of hydrogen-bond acceptors (Lipinski definition) is 11. The average Bonchev–Trinajstić information content (AvgIpc) is 3.42. The number of carbonyl (C=O) groups is 4. The highest BCUT2D eigenvalue weighted by molar-refractivity contribution is 5.95. The van der Waals surface area contributed by atoms with Gasteiger partial charge in [0.15, 0.2) is 12.2 Å². The molecular formula is C34H38O11. The Labute approximate surface area is 259 Å². The smallest absolute Gasteiger partial charge is 0.351 e. The summed E-state index contributed by atoms with van der Waals surface area (Å²) in [5.41, 5.74) is -8.36. The third-order valence-corrected chi connectivity index (χ3v) is 12.7. The summed E-state index contributed by atoms with van der Waals surface area (Å²) in [5.74, 6) is -2.26. The van der Waals surface area contributed by atoms with Gasteiger partial charge in [0.05, 0.1) is 16.4 Å². The number of rotatable bonds is 4. The molecule has 1 aromatic carbocycles. The second-order valence-corrected chi connectivity index (χ2v) is 15.4. The monoisotopic (exact) mass is 622 g/mol. The van der Waals surface area contributed by atoms with Gasteiger partial charge in [-0.1, -0.05) is 27.7 Å². The third-order valence-electron chi connectivity index (χ3n) is 12.7. The van der Waals surface area contributed by atoms with Crippen LogP contribution in [-0.2, 0) is 38.1 Å². The van der Waals surface area contributed by atoms with Gasteiger partial charge in [0.1, 0.15) is 16.9 Å². The van der Waals surface area contributed by atoms with E-state index in [1.54, 1.807) is 45.9 Å². The van der Waals surface area contributed by atoms with Crippen LogP contribution in [0.2, 0.25) is 0 Å². The molecule has 45 heavy (non-hydrogen) atoms. The zero-order valence-electron chi connectivity index (χ0n) is 26.8. The topological polar surface area (TPSA) is 145 Å². The SMILES string of the molecule is CC1(C)Oc2ccc3ccc(=O)oc3c2[C@H](OC(=O)C23CCC(C)(C(=O)O2)C3(C)C)[C@@H]1OC(=O)C12CCC(C)(C(=O)O1)C2(C)C. The van der Waals surface area contributed by atoms with E-state index >= 15 is 0 Å². The van der Waals surface area contributed by atoms with Crippen molar-refractivity contribution in [3.63, 3.8) is 0 Å². The molecular weight excluding hydrogens is 584 g/mol. The van der Waals surface area contributed by atoms with Gasteiger partial charge < -0.3 is 28.1 Å². The van der Waals surface area contributed by atoms with E-state index < -0.39 is 80.2 Å². The Balaban J connectivity index is 1.36. The van der Waals surface area contributed by atoms with Crippen LogP contribution in [0.15, 0.2) is 33.5 Å². The van der Waals surface area contributed by atoms with Gasteiger partial charge in [-0.15, -0.1) is 0 Å². The molecule has 0 spiro atoms. The molecule has 0 radical (unpaired) electrons. The highest BCUT2D eigenvalue weighted by Gasteiger charge is 2.78. The number of hydrogen-bond donors (Lipinski definition) is 0. The second kappa shape index (κ2) is 8.47. The summed E-state index contributed by atoms with van der Waals surface area (Å²) in [7, 11) is 0. The molecule has 4 bridgehead atoms. The summed E-state index contributed by atoms with van der Waals surface area (Å²) in [6.07, 6.45) is -1.26. The van der Waals surface area contributed by atoms with Crippen LogP contribution in [0.3, 0.4) is 0 Å². The van der Waals surface area contributed by atoms with Crippen molar-refractivity contribution in [3.8, 4) is 5.75 Å². The maximum atomic E-state index is 14.4. The lowest BCUT2D eigenvalue weighted by Gasteiger charge is -2.45. The highest BCUT2D eigenvalue weighted by Crippen LogP contribution is 2.67. The summed E-state index contributed by atoms with van der Waals surface area (Å²) < 4.78 is 36.2. The van der Waals surface area contributed by atoms with Crippen LogP contribution in [0.25, 0.3) is 11.0 Å². The van der Waals surface area contributed by atoms with Crippen LogP contribution < -0.4 is 10.4 Å². The molecule has 2 saturated heterocycles.